The maximum atomic E-state index is 8.87. The molecule has 2 aromatic rings. The highest BCUT2D eigenvalue weighted by molar-refractivity contribution is 9.10. The van der Waals surface area contributed by atoms with Crippen molar-refractivity contribution in [3.63, 3.8) is 0 Å². The third-order valence-electron chi connectivity index (χ3n) is 2.55. The van der Waals surface area contributed by atoms with Gasteiger partial charge in [-0.05, 0) is 53.0 Å². The highest BCUT2D eigenvalue weighted by Gasteiger charge is 2.05. The third-order valence-corrected chi connectivity index (χ3v) is 3.38. The zero-order valence-electron chi connectivity index (χ0n) is 10.1. The van der Waals surface area contributed by atoms with E-state index in [9.17, 15) is 0 Å². The summed E-state index contributed by atoms with van der Waals surface area (Å²) in [6, 6.07) is 9.29. The van der Waals surface area contributed by atoms with Crippen LogP contribution in [0, 0.1) is 25.2 Å². The highest BCUT2D eigenvalue weighted by atomic mass is 79.9. The van der Waals surface area contributed by atoms with Crippen LogP contribution < -0.4 is 4.74 Å². The number of hydrogen-bond acceptors (Lipinski definition) is 3. The molecule has 4 heteroatoms. The van der Waals surface area contributed by atoms with Crippen molar-refractivity contribution in [1.82, 2.24) is 4.98 Å². The van der Waals surface area contributed by atoms with Crippen molar-refractivity contribution in [2.45, 2.75) is 13.8 Å². The normalized spacial score (nSPS) is 9.89. The highest BCUT2D eigenvalue weighted by Crippen LogP contribution is 2.26. The number of aromatic nitrogens is 1. The van der Waals surface area contributed by atoms with Gasteiger partial charge < -0.3 is 4.74 Å². The van der Waals surface area contributed by atoms with Crippen molar-refractivity contribution in [3.8, 4) is 17.7 Å². The molecule has 3 nitrogen and oxygen atoms in total. The summed E-state index contributed by atoms with van der Waals surface area (Å²) in [5.41, 5.74) is 2.59. The average Bonchev–Trinajstić information content (AvgIpc) is 2.36. The van der Waals surface area contributed by atoms with Crippen LogP contribution in [0.2, 0.25) is 0 Å². The first-order valence-electron chi connectivity index (χ1n) is 5.41. The first-order chi connectivity index (χ1) is 8.60. The monoisotopic (exact) mass is 302 g/mol. The van der Waals surface area contributed by atoms with Gasteiger partial charge in [-0.25, -0.2) is 4.98 Å². The van der Waals surface area contributed by atoms with Gasteiger partial charge >= 0.3 is 0 Å². The van der Waals surface area contributed by atoms with Crippen molar-refractivity contribution in [2.75, 3.05) is 0 Å². The SMILES string of the molecule is Cc1cc(Oc2cc(C#N)ccc2C)ncc1Br. The van der Waals surface area contributed by atoms with Crippen LogP contribution in [0.1, 0.15) is 16.7 Å². The molecule has 0 saturated heterocycles. The van der Waals surface area contributed by atoms with Crippen LogP contribution in [0.4, 0.5) is 0 Å². The quantitative estimate of drug-likeness (QED) is 0.838. The van der Waals surface area contributed by atoms with Gasteiger partial charge in [0.25, 0.3) is 0 Å². The molecule has 0 bridgehead atoms. The zero-order chi connectivity index (χ0) is 13.1. The Morgan fingerprint density at radius 3 is 2.67 bits per heavy atom. The smallest absolute Gasteiger partial charge is 0.219 e. The lowest BCUT2D eigenvalue weighted by Gasteiger charge is -2.09. The van der Waals surface area contributed by atoms with Gasteiger partial charge in [0, 0.05) is 16.7 Å². The number of nitriles is 1. The van der Waals surface area contributed by atoms with Crippen LogP contribution in [0.3, 0.4) is 0 Å². The second-order valence-corrected chi connectivity index (χ2v) is 4.82. The molecule has 0 aliphatic heterocycles. The Balaban J connectivity index is 2.33. The Bertz CT molecular complexity index is 632. The molecule has 1 heterocycles. The van der Waals surface area contributed by atoms with E-state index in [1.54, 1.807) is 18.3 Å². The Morgan fingerprint density at radius 1 is 1.22 bits per heavy atom. The lowest BCUT2D eigenvalue weighted by molar-refractivity contribution is 0.458. The number of rotatable bonds is 2. The Morgan fingerprint density at radius 2 is 2.00 bits per heavy atom. The molecule has 1 aromatic carbocycles. The minimum atomic E-state index is 0.522. The van der Waals surface area contributed by atoms with Crippen LogP contribution in [0.5, 0.6) is 11.6 Å². The molecule has 18 heavy (non-hydrogen) atoms. The molecule has 0 N–H and O–H groups in total. The van der Waals surface area contributed by atoms with Gasteiger partial charge in [0.1, 0.15) is 5.75 Å². The molecule has 0 aliphatic rings. The maximum Gasteiger partial charge on any atom is 0.219 e. The average molecular weight is 303 g/mol. The number of nitrogens with zero attached hydrogens (tertiary/aromatic N) is 2. The number of ether oxygens (including phenoxy) is 1. The molecule has 0 radical (unpaired) electrons. The van der Waals surface area contributed by atoms with Crippen LogP contribution in [0.15, 0.2) is 34.9 Å². The van der Waals surface area contributed by atoms with E-state index in [0.29, 0.717) is 17.2 Å². The van der Waals surface area contributed by atoms with E-state index < -0.39 is 0 Å². The standard InChI is InChI=1S/C14H11BrN2O/c1-9-3-4-11(7-16)6-13(9)18-14-5-10(2)12(15)8-17-14/h3-6,8H,1-2H3. The van der Waals surface area contributed by atoms with Gasteiger partial charge in [-0.15, -0.1) is 0 Å². The molecule has 0 saturated carbocycles. The van der Waals surface area contributed by atoms with Gasteiger partial charge in [-0.2, -0.15) is 5.26 Å². The Kier molecular flexibility index (Phi) is 3.63. The van der Waals surface area contributed by atoms with Gasteiger partial charge in [-0.1, -0.05) is 6.07 Å². The summed E-state index contributed by atoms with van der Waals surface area (Å²) in [6.07, 6.45) is 1.70. The predicted molar refractivity (Wildman–Crippen MR) is 72.6 cm³/mol. The van der Waals surface area contributed by atoms with Gasteiger partial charge in [0.05, 0.1) is 11.6 Å². The van der Waals surface area contributed by atoms with Gasteiger partial charge in [-0.3, -0.25) is 0 Å². The van der Waals surface area contributed by atoms with E-state index in [-0.39, 0.29) is 0 Å². The number of benzene rings is 1. The van der Waals surface area contributed by atoms with E-state index in [4.69, 9.17) is 10.00 Å². The lowest BCUT2D eigenvalue weighted by atomic mass is 10.1. The summed E-state index contributed by atoms with van der Waals surface area (Å²) < 4.78 is 6.65. The van der Waals surface area contributed by atoms with E-state index in [0.717, 1.165) is 15.6 Å². The summed E-state index contributed by atoms with van der Waals surface area (Å²) in [5, 5.41) is 8.87. The Hall–Kier alpha value is -1.86. The number of pyridine rings is 1. The molecular weight excluding hydrogens is 292 g/mol. The van der Waals surface area contributed by atoms with Crippen LogP contribution >= 0.6 is 15.9 Å². The van der Waals surface area contributed by atoms with E-state index in [1.165, 1.54) is 0 Å². The molecule has 1 aromatic heterocycles. The van der Waals surface area contributed by atoms with Crippen molar-refractivity contribution in [1.29, 1.82) is 5.26 Å². The van der Waals surface area contributed by atoms with E-state index in [2.05, 4.69) is 27.0 Å². The predicted octanol–water partition coefficient (Wildman–Crippen LogP) is 4.12. The number of hydrogen-bond donors (Lipinski definition) is 0. The molecule has 2 rings (SSSR count). The molecule has 0 atom stereocenters. The zero-order valence-corrected chi connectivity index (χ0v) is 11.7. The molecule has 0 amide bonds. The summed E-state index contributed by atoms with van der Waals surface area (Å²) in [6.45, 7) is 3.90. The first kappa shape index (κ1) is 12.6. The van der Waals surface area contributed by atoms with Gasteiger partial charge in [0.15, 0.2) is 0 Å². The Labute approximate surface area is 114 Å². The molecule has 90 valence electrons. The van der Waals surface area contributed by atoms with Crippen molar-refractivity contribution >= 4 is 15.9 Å². The fourth-order valence-electron chi connectivity index (χ4n) is 1.46. The second kappa shape index (κ2) is 5.19. The largest absolute Gasteiger partial charge is 0.439 e. The van der Waals surface area contributed by atoms with E-state index in [1.807, 2.05) is 26.0 Å². The van der Waals surface area contributed by atoms with Crippen molar-refractivity contribution < 1.29 is 4.74 Å². The van der Waals surface area contributed by atoms with Gasteiger partial charge in [0.2, 0.25) is 5.88 Å². The molecule has 0 unspecified atom stereocenters. The maximum absolute atomic E-state index is 8.87. The third kappa shape index (κ3) is 2.69. The molecule has 0 aliphatic carbocycles. The van der Waals surface area contributed by atoms with Crippen LogP contribution in [-0.4, -0.2) is 4.98 Å². The van der Waals surface area contributed by atoms with Crippen LogP contribution in [-0.2, 0) is 0 Å². The molecule has 0 fully saturated rings. The number of halogens is 1. The molecule has 0 spiro atoms. The summed E-state index contributed by atoms with van der Waals surface area (Å²) in [7, 11) is 0. The van der Waals surface area contributed by atoms with Crippen molar-refractivity contribution in [2.24, 2.45) is 0 Å². The minimum absolute atomic E-state index is 0.522. The van der Waals surface area contributed by atoms with Crippen LogP contribution in [0.25, 0.3) is 0 Å². The number of aryl methyl sites for hydroxylation is 2. The minimum Gasteiger partial charge on any atom is -0.439 e. The second-order valence-electron chi connectivity index (χ2n) is 3.97. The molecular formula is C14H11BrN2O. The summed E-state index contributed by atoms with van der Waals surface area (Å²) in [4.78, 5) is 4.18. The summed E-state index contributed by atoms with van der Waals surface area (Å²) in [5.74, 6) is 1.18. The topological polar surface area (TPSA) is 45.9 Å². The first-order valence-corrected chi connectivity index (χ1v) is 6.20. The van der Waals surface area contributed by atoms with Crippen molar-refractivity contribution in [3.05, 3.63) is 51.6 Å². The van der Waals surface area contributed by atoms with E-state index >= 15 is 0 Å². The fraction of sp³-hybridized carbons (Fsp3) is 0.143. The summed E-state index contributed by atoms with van der Waals surface area (Å²) >= 11 is 3.39. The lowest BCUT2D eigenvalue weighted by Crippen LogP contribution is -1.92. The fourth-order valence-corrected chi connectivity index (χ4v) is 1.68.